The van der Waals surface area contributed by atoms with Crippen LogP contribution in [0.5, 0.6) is 0 Å². The fraction of sp³-hybridized carbons (Fsp3) is 0. The van der Waals surface area contributed by atoms with E-state index in [1.807, 2.05) is 0 Å². The molecule has 0 saturated heterocycles. The molecule has 0 amide bonds. The van der Waals surface area contributed by atoms with E-state index in [0.29, 0.717) is 0 Å². The Bertz CT molecular complexity index is 3900. The number of anilines is 3. The van der Waals surface area contributed by atoms with Crippen LogP contribution in [0.4, 0.5) is 17.1 Å². The highest BCUT2D eigenvalue weighted by Crippen LogP contribution is 2.46. The van der Waals surface area contributed by atoms with Crippen molar-refractivity contribution in [1.82, 2.24) is 4.57 Å². The lowest BCUT2D eigenvalue weighted by molar-refractivity contribution is 0.670. The van der Waals surface area contributed by atoms with Gasteiger partial charge in [-0.1, -0.05) is 182 Å². The first-order valence-corrected chi connectivity index (χ1v) is 21.6. The summed E-state index contributed by atoms with van der Waals surface area (Å²) in [5.74, 6) is 0. The molecule has 0 aliphatic carbocycles. The molecule has 0 saturated carbocycles. The summed E-state index contributed by atoms with van der Waals surface area (Å²) < 4.78 is 9.48. The minimum atomic E-state index is 0.852. The van der Waals surface area contributed by atoms with Crippen LogP contribution in [0.15, 0.2) is 235 Å². The van der Waals surface area contributed by atoms with Gasteiger partial charge >= 0.3 is 0 Å². The van der Waals surface area contributed by atoms with Crippen molar-refractivity contribution in [2.24, 2.45) is 0 Å². The molecular weight excluding hydrogens is 765 g/mol. The summed E-state index contributed by atoms with van der Waals surface area (Å²) in [6, 6.07) is 83.4. The highest BCUT2D eigenvalue weighted by atomic mass is 16.3. The van der Waals surface area contributed by atoms with Gasteiger partial charge in [-0.15, -0.1) is 0 Å². The molecule has 3 heteroatoms. The standard InChI is InChI=1S/C60H38N2O/c1-3-13-40(14-4-1)50-21-11-22-53-54-23-12-24-56(60(54)63-59(50)53)61(47-34-29-43-26-25-41-15-7-9-19-48(41)55(43)38-47)46-32-27-39(28-33-46)44-31-35-51-52-36-30-42-16-8-10-20-49(42)58(52)62(57(51)37-44)45-17-5-2-6-18-45/h1-38H. The van der Waals surface area contributed by atoms with Crippen LogP contribution in [-0.2, 0) is 0 Å². The Kier molecular flexibility index (Phi) is 7.91. The Balaban J connectivity index is 1.000. The van der Waals surface area contributed by atoms with Gasteiger partial charge in [0.2, 0.25) is 0 Å². The number of hydrogen-bond donors (Lipinski definition) is 0. The number of rotatable bonds is 6. The molecule has 0 fully saturated rings. The molecule has 63 heavy (non-hydrogen) atoms. The zero-order valence-corrected chi connectivity index (χ0v) is 34.2. The van der Waals surface area contributed by atoms with E-state index in [1.165, 1.54) is 54.1 Å². The lowest BCUT2D eigenvalue weighted by Gasteiger charge is -2.26. The quantitative estimate of drug-likeness (QED) is 0.156. The van der Waals surface area contributed by atoms with E-state index in [1.54, 1.807) is 0 Å². The molecule has 0 atom stereocenters. The molecule has 3 nitrogen and oxygen atoms in total. The molecular formula is C60H38N2O. The fourth-order valence-electron chi connectivity index (χ4n) is 9.99. The number of benzene rings is 11. The van der Waals surface area contributed by atoms with Crippen LogP contribution in [0.3, 0.4) is 0 Å². The average molecular weight is 803 g/mol. The van der Waals surface area contributed by atoms with Gasteiger partial charge in [0.05, 0.1) is 16.7 Å². The first-order valence-electron chi connectivity index (χ1n) is 21.6. The zero-order valence-electron chi connectivity index (χ0n) is 34.2. The zero-order chi connectivity index (χ0) is 41.4. The summed E-state index contributed by atoms with van der Waals surface area (Å²) in [6.45, 7) is 0. The van der Waals surface area contributed by atoms with E-state index in [4.69, 9.17) is 4.42 Å². The van der Waals surface area contributed by atoms with Crippen molar-refractivity contribution in [2.45, 2.75) is 0 Å². The molecule has 13 aromatic rings. The summed E-state index contributed by atoms with van der Waals surface area (Å²) in [5, 5.41) is 12.0. The van der Waals surface area contributed by atoms with Crippen LogP contribution in [0.2, 0.25) is 0 Å². The maximum Gasteiger partial charge on any atom is 0.159 e. The van der Waals surface area contributed by atoms with Gasteiger partial charge in [0.15, 0.2) is 5.58 Å². The average Bonchev–Trinajstić information content (AvgIpc) is 3.91. The highest BCUT2D eigenvalue weighted by molar-refractivity contribution is 6.19. The van der Waals surface area contributed by atoms with Crippen molar-refractivity contribution in [3.8, 4) is 27.9 Å². The van der Waals surface area contributed by atoms with E-state index in [9.17, 15) is 0 Å². The second-order valence-corrected chi connectivity index (χ2v) is 16.5. The van der Waals surface area contributed by atoms with Crippen molar-refractivity contribution in [3.05, 3.63) is 231 Å². The van der Waals surface area contributed by atoms with Gasteiger partial charge in [-0.2, -0.15) is 0 Å². The largest absolute Gasteiger partial charge is 0.453 e. The van der Waals surface area contributed by atoms with E-state index in [2.05, 4.69) is 240 Å². The van der Waals surface area contributed by atoms with Crippen LogP contribution in [-0.4, -0.2) is 4.57 Å². The molecule has 0 bridgehead atoms. The number of furan rings is 1. The third kappa shape index (κ3) is 5.60. The van der Waals surface area contributed by atoms with Gasteiger partial charge in [-0.3, -0.25) is 0 Å². The smallest absolute Gasteiger partial charge is 0.159 e. The predicted molar refractivity (Wildman–Crippen MR) is 266 cm³/mol. The van der Waals surface area contributed by atoms with Gasteiger partial charge in [0, 0.05) is 49.6 Å². The van der Waals surface area contributed by atoms with Crippen LogP contribution in [0.1, 0.15) is 0 Å². The second kappa shape index (κ2) is 14.1. The topological polar surface area (TPSA) is 21.3 Å². The van der Waals surface area contributed by atoms with Crippen LogP contribution < -0.4 is 4.90 Å². The number of para-hydroxylation sites is 3. The fourth-order valence-corrected chi connectivity index (χ4v) is 9.99. The summed E-state index contributed by atoms with van der Waals surface area (Å²) in [5.41, 5.74) is 12.9. The molecule has 0 N–H and O–H groups in total. The minimum absolute atomic E-state index is 0.852. The predicted octanol–water partition coefficient (Wildman–Crippen LogP) is 16.9. The molecule has 0 spiro atoms. The van der Waals surface area contributed by atoms with Gasteiger partial charge in [0.1, 0.15) is 5.58 Å². The lowest BCUT2D eigenvalue weighted by atomic mass is 10.00. The summed E-state index contributed by atoms with van der Waals surface area (Å²) in [4.78, 5) is 2.36. The maximum atomic E-state index is 7.04. The monoisotopic (exact) mass is 802 g/mol. The number of nitrogens with zero attached hydrogens (tertiary/aromatic N) is 2. The Hall–Kier alpha value is -8.40. The van der Waals surface area contributed by atoms with Crippen molar-refractivity contribution in [1.29, 1.82) is 0 Å². The van der Waals surface area contributed by atoms with Gasteiger partial charge in [-0.05, 0) is 92.2 Å². The van der Waals surface area contributed by atoms with Crippen molar-refractivity contribution >= 4 is 93.1 Å². The van der Waals surface area contributed by atoms with E-state index in [-0.39, 0.29) is 0 Å². The first kappa shape index (κ1) is 35.4. The third-order valence-corrected chi connectivity index (χ3v) is 12.9. The molecule has 11 aromatic carbocycles. The number of hydrogen-bond acceptors (Lipinski definition) is 2. The van der Waals surface area contributed by atoms with E-state index >= 15 is 0 Å². The molecule has 0 aliphatic heterocycles. The highest BCUT2D eigenvalue weighted by Gasteiger charge is 2.22. The number of aromatic nitrogens is 1. The van der Waals surface area contributed by atoms with Gasteiger partial charge < -0.3 is 13.9 Å². The molecule has 2 aromatic heterocycles. The summed E-state index contributed by atoms with van der Waals surface area (Å²) in [6.07, 6.45) is 0. The summed E-state index contributed by atoms with van der Waals surface area (Å²) in [7, 11) is 0. The second-order valence-electron chi connectivity index (χ2n) is 16.5. The van der Waals surface area contributed by atoms with Crippen molar-refractivity contribution in [3.63, 3.8) is 0 Å². The maximum absolute atomic E-state index is 7.04. The van der Waals surface area contributed by atoms with Crippen LogP contribution in [0.25, 0.3) is 104 Å². The lowest BCUT2D eigenvalue weighted by Crippen LogP contribution is -2.10. The molecule has 0 aliphatic rings. The Morgan fingerprint density at radius 3 is 1.73 bits per heavy atom. The molecule has 0 unspecified atom stereocenters. The van der Waals surface area contributed by atoms with E-state index < -0.39 is 0 Å². The molecule has 294 valence electrons. The Morgan fingerprint density at radius 2 is 0.921 bits per heavy atom. The molecule has 2 heterocycles. The van der Waals surface area contributed by atoms with Crippen LogP contribution >= 0.6 is 0 Å². The van der Waals surface area contributed by atoms with Crippen molar-refractivity contribution in [2.75, 3.05) is 4.90 Å². The van der Waals surface area contributed by atoms with Gasteiger partial charge in [0.25, 0.3) is 0 Å². The molecule has 13 rings (SSSR count). The third-order valence-electron chi connectivity index (χ3n) is 12.9. The van der Waals surface area contributed by atoms with Crippen molar-refractivity contribution < 1.29 is 4.42 Å². The first-order chi connectivity index (χ1) is 31.2. The SMILES string of the molecule is c1ccc(-c2cccc3c2oc2c(N(c4ccc(-c5ccc6c7ccc8ccccc8c7n(-c7ccccc7)c6c5)cc4)c4ccc5ccc6ccccc6c5c4)cccc23)cc1. The Labute approximate surface area is 363 Å². The van der Waals surface area contributed by atoms with Gasteiger partial charge in [-0.25, -0.2) is 0 Å². The minimum Gasteiger partial charge on any atom is -0.453 e. The van der Waals surface area contributed by atoms with E-state index in [0.717, 1.165) is 66.9 Å². The molecule has 0 radical (unpaired) electrons. The Morgan fingerprint density at radius 1 is 0.333 bits per heavy atom. The van der Waals surface area contributed by atoms with Crippen LogP contribution in [0, 0.1) is 0 Å². The summed E-state index contributed by atoms with van der Waals surface area (Å²) >= 11 is 0. The normalized spacial score (nSPS) is 11.8. The number of fused-ring (bicyclic) bond motifs is 11.